The lowest BCUT2D eigenvalue weighted by molar-refractivity contribution is -0.152. The van der Waals surface area contributed by atoms with Gasteiger partial charge in [-0.2, -0.15) is 0 Å². The molecule has 0 saturated heterocycles. The van der Waals surface area contributed by atoms with E-state index >= 15 is 0 Å². The molecule has 0 radical (unpaired) electrons. The van der Waals surface area contributed by atoms with Crippen molar-refractivity contribution in [3.05, 3.63) is 0 Å². The highest BCUT2D eigenvalue weighted by Crippen LogP contribution is 2.36. The number of carbonyl (C=O) groups excluding carboxylic acids is 1. The van der Waals surface area contributed by atoms with Gasteiger partial charge in [0.25, 0.3) is 0 Å². The number of nitrogens with one attached hydrogen (secondary N) is 1. The number of carboxylic acid groups (broad SMARTS) is 1. The zero-order valence-corrected chi connectivity index (χ0v) is 11.8. The molecule has 0 aromatic rings. The second kappa shape index (κ2) is 7.48. The van der Waals surface area contributed by atoms with Crippen molar-refractivity contribution in [1.29, 1.82) is 0 Å². The van der Waals surface area contributed by atoms with Crippen LogP contribution in [0.1, 0.15) is 58.3 Å². The van der Waals surface area contributed by atoms with Crippen LogP contribution in [0, 0.1) is 5.41 Å². The summed E-state index contributed by atoms with van der Waals surface area (Å²) >= 11 is 0. The highest BCUT2D eigenvalue weighted by molar-refractivity contribution is 5.79. The van der Waals surface area contributed by atoms with Crippen molar-refractivity contribution in [2.75, 3.05) is 6.54 Å². The Hall–Kier alpha value is -1.10. The van der Waals surface area contributed by atoms with Crippen LogP contribution in [0.3, 0.4) is 0 Å². The molecule has 1 saturated carbocycles. The molecule has 0 bridgehead atoms. The fourth-order valence-corrected chi connectivity index (χ4v) is 2.69. The molecule has 1 aliphatic rings. The monoisotopic (exact) mass is 270 g/mol. The average molecular weight is 270 g/mol. The normalized spacial score (nSPS) is 26.9. The minimum Gasteiger partial charge on any atom is -0.481 e. The van der Waals surface area contributed by atoms with Crippen LogP contribution in [-0.2, 0) is 9.59 Å². The predicted molar refractivity (Wildman–Crippen MR) is 73.7 cm³/mol. The van der Waals surface area contributed by atoms with Gasteiger partial charge in [0.1, 0.15) is 0 Å². The van der Waals surface area contributed by atoms with Crippen LogP contribution in [0.4, 0.5) is 0 Å². The largest absolute Gasteiger partial charge is 0.481 e. The number of rotatable bonds is 7. The molecule has 4 N–H and O–H groups in total. The summed E-state index contributed by atoms with van der Waals surface area (Å²) in [6.07, 6.45) is 6.48. The molecular weight excluding hydrogens is 244 g/mol. The summed E-state index contributed by atoms with van der Waals surface area (Å²) in [5.41, 5.74) is 4.58. The Kier molecular flexibility index (Phi) is 6.28. The molecule has 19 heavy (non-hydrogen) atoms. The lowest BCUT2D eigenvalue weighted by atomic mass is 9.71. The maximum atomic E-state index is 11.8. The molecular formula is C14H26N2O3. The third-order valence-corrected chi connectivity index (χ3v) is 4.14. The molecule has 0 aromatic heterocycles. The molecule has 1 fully saturated rings. The molecule has 110 valence electrons. The first-order valence-corrected chi connectivity index (χ1v) is 7.23. The van der Waals surface area contributed by atoms with Crippen LogP contribution in [0.5, 0.6) is 0 Å². The minimum atomic E-state index is -0.814. The van der Waals surface area contributed by atoms with Gasteiger partial charge in [-0.25, -0.2) is 0 Å². The van der Waals surface area contributed by atoms with E-state index in [0.29, 0.717) is 19.4 Å². The minimum absolute atomic E-state index is 0.0311. The molecule has 0 aliphatic heterocycles. The fourth-order valence-electron chi connectivity index (χ4n) is 2.69. The Morgan fingerprint density at radius 3 is 2.68 bits per heavy atom. The summed E-state index contributed by atoms with van der Waals surface area (Å²) < 4.78 is 0. The van der Waals surface area contributed by atoms with Crippen molar-refractivity contribution in [2.24, 2.45) is 11.1 Å². The van der Waals surface area contributed by atoms with Gasteiger partial charge in [0.2, 0.25) is 5.91 Å². The predicted octanol–water partition coefficient (Wildman–Crippen LogP) is 1.66. The van der Waals surface area contributed by atoms with E-state index < -0.39 is 11.4 Å². The quantitative estimate of drug-likeness (QED) is 0.613. The van der Waals surface area contributed by atoms with Crippen molar-refractivity contribution >= 4 is 11.9 Å². The number of aliphatic carboxylic acids is 1. The molecule has 2 unspecified atom stereocenters. The Bertz CT molecular complexity index is 320. The van der Waals surface area contributed by atoms with E-state index in [1.54, 1.807) is 6.92 Å². The molecule has 5 heteroatoms. The van der Waals surface area contributed by atoms with Gasteiger partial charge < -0.3 is 16.2 Å². The van der Waals surface area contributed by atoms with Crippen LogP contribution >= 0.6 is 0 Å². The van der Waals surface area contributed by atoms with Crippen molar-refractivity contribution in [3.8, 4) is 0 Å². The first kappa shape index (κ1) is 16.0. The van der Waals surface area contributed by atoms with Gasteiger partial charge in [0, 0.05) is 12.5 Å². The Morgan fingerprint density at radius 2 is 2.05 bits per heavy atom. The second-order valence-corrected chi connectivity index (χ2v) is 5.69. The fraction of sp³-hybridized carbons (Fsp3) is 0.857. The van der Waals surface area contributed by atoms with E-state index in [2.05, 4.69) is 5.32 Å². The number of unbranched alkanes of at least 4 members (excludes halogenated alkanes) is 2. The zero-order chi connectivity index (χ0) is 14.3. The maximum Gasteiger partial charge on any atom is 0.311 e. The van der Waals surface area contributed by atoms with E-state index in [4.69, 9.17) is 5.73 Å². The van der Waals surface area contributed by atoms with E-state index in [-0.39, 0.29) is 11.9 Å². The number of carbonyl (C=O) groups is 2. The summed E-state index contributed by atoms with van der Waals surface area (Å²) in [6, 6.07) is -0.235. The van der Waals surface area contributed by atoms with Crippen molar-refractivity contribution in [1.82, 2.24) is 5.32 Å². The zero-order valence-electron chi connectivity index (χ0n) is 11.8. The topological polar surface area (TPSA) is 92.4 Å². The molecule has 1 amide bonds. The van der Waals surface area contributed by atoms with Gasteiger partial charge in [-0.05, 0) is 39.2 Å². The molecule has 0 aromatic carbocycles. The third-order valence-electron chi connectivity index (χ3n) is 4.14. The summed E-state index contributed by atoms with van der Waals surface area (Å²) in [5, 5.41) is 12.3. The van der Waals surface area contributed by atoms with Gasteiger partial charge in [-0.1, -0.05) is 19.3 Å². The Morgan fingerprint density at radius 1 is 1.32 bits per heavy atom. The van der Waals surface area contributed by atoms with E-state index in [1.807, 2.05) is 0 Å². The Labute approximate surface area is 114 Å². The Balaban J connectivity index is 2.44. The smallest absolute Gasteiger partial charge is 0.311 e. The highest BCUT2D eigenvalue weighted by Gasteiger charge is 2.43. The maximum absolute atomic E-state index is 11.8. The van der Waals surface area contributed by atoms with Gasteiger partial charge in [0.05, 0.1) is 5.41 Å². The van der Waals surface area contributed by atoms with E-state index in [1.165, 1.54) is 0 Å². The van der Waals surface area contributed by atoms with E-state index in [0.717, 1.165) is 38.5 Å². The number of hydrogen-bond acceptors (Lipinski definition) is 3. The van der Waals surface area contributed by atoms with Gasteiger partial charge in [-0.3, -0.25) is 9.59 Å². The third kappa shape index (κ3) is 4.49. The SMILES string of the molecule is CC1(C(=O)O)CCCCC1NC(=O)CCCCCN. The summed E-state index contributed by atoms with van der Waals surface area (Å²) in [6.45, 7) is 2.40. The van der Waals surface area contributed by atoms with Crippen LogP contribution in [-0.4, -0.2) is 29.6 Å². The van der Waals surface area contributed by atoms with Crippen LogP contribution in [0.25, 0.3) is 0 Å². The lowest BCUT2D eigenvalue weighted by Gasteiger charge is -2.38. The van der Waals surface area contributed by atoms with Gasteiger partial charge in [0.15, 0.2) is 0 Å². The first-order chi connectivity index (χ1) is 9.00. The van der Waals surface area contributed by atoms with Crippen molar-refractivity contribution in [2.45, 2.75) is 64.3 Å². The number of amides is 1. The molecule has 1 aliphatic carbocycles. The summed E-state index contributed by atoms with van der Waals surface area (Å²) in [4.78, 5) is 23.3. The van der Waals surface area contributed by atoms with Crippen LogP contribution in [0.2, 0.25) is 0 Å². The van der Waals surface area contributed by atoms with Crippen LogP contribution in [0.15, 0.2) is 0 Å². The summed E-state index contributed by atoms with van der Waals surface area (Å²) in [5.74, 6) is -0.836. The number of nitrogens with two attached hydrogens (primary N) is 1. The lowest BCUT2D eigenvalue weighted by Crippen LogP contribution is -2.52. The first-order valence-electron chi connectivity index (χ1n) is 7.23. The molecule has 1 rings (SSSR count). The van der Waals surface area contributed by atoms with Gasteiger partial charge >= 0.3 is 5.97 Å². The molecule has 0 spiro atoms. The standard InChI is InChI=1S/C14H26N2O3/c1-14(13(18)19)9-5-4-7-11(14)16-12(17)8-3-2-6-10-15/h11H,2-10,15H2,1H3,(H,16,17)(H,18,19). The van der Waals surface area contributed by atoms with Gasteiger partial charge in [-0.15, -0.1) is 0 Å². The molecule has 2 atom stereocenters. The van der Waals surface area contributed by atoms with Crippen LogP contribution < -0.4 is 11.1 Å². The summed E-state index contributed by atoms with van der Waals surface area (Å²) in [7, 11) is 0. The molecule has 5 nitrogen and oxygen atoms in total. The average Bonchev–Trinajstić information content (AvgIpc) is 2.37. The number of carboxylic acids is 1. The molecule has 0 heterocycles. The van der Waals surface area contributed by atoms with Crippen molar-refractivity contribution < 1.29 is 14.7 Å². The van der Waals surface area contributed by atoms with Crippen molar-refractivity contribution in [3.63, 3.8) is 0 Å². The number of hydrogen-bond donors (Lipinski definition) is 3. The van der Waals surface area contributed by atoms with E-state index in [9.17, 15) is 14.7 Å². The highest BCUT2D eigenvalue weighted by atomic mass is 16.4. The second-order valence-electron chi connectivity index (χ2n) is 5.69.